The molecular weight excluding hydrogens is 478 g/mol. The molecule has 2 heterocycles. The number of piperidine rings is 1. The van der Waals surface area contributed by atoms with E-state index in [-0.39, 0.29) is 30.0 Å². The molecule has 1 aliphatic heterocycles. The number of hydrogen-bond acceptors (Lipinski definition) is 4. The molecule has 1 aromatic heterocycles. The van der Waals surface area contributed by atoms with Crippen molar-refractivity contribution in [3.8, 4) is 11.1 Å². The van der Waals surface area contributed by atoms with Crippen LogP contribution < -0.4 is 5.56 Å². The van der Waals surface area contributed by atoms with Gasteiger partial charge in [-0.3, -0.25) is 14.4 Å². The summed E-state index contributed by atoms with van der Waals surface area (Å²) >= 11 is 0. The van der Waals surface area contributed by atoms with Crippen molar-refractivity contribution in [2.45, 2.75) is 84.4 Å². The smallest absolute Gasteiger partial charge is 0.255 e. The quantitative estimate of drug-likeness (QED) is 0.552. The summed E-state index contributed by atoms with van der Waals surface area (Å²) in [5.74, 6) is 0.665. The van der Waals surface area contributed by atoms with Crippen LogP contribution in [-0.4, -0.2) is 63.1 Å². The molecule has 206 valence electrons. The summed E-state index contributed by atoms with van der Waals surface area (Å²) in [4.78, 5) is 43.3. The molecule has 0 radical (unpaired) electrons. The predicted octanol–water partition coefficient (Wildman–Crippen LogP) is 4.57. The molecule has 2 aliphatic rings. The van der Waals surface area contributed by atoms with Crippen LogP contribution in [0.1, 0.15) is 76.6 Å². The van der Waals surface area contributed by atoms with E-state index in [2.05, 4.69) is 0 Å². The minimum atomic E-state index is -1.21. The van der Waals surface area contributed by atoms with E-state index in [1.807, 2.05) is 62.9 Å². The van der Waals surface area contributed by atoms with Gasteiger partial charge in [-0.05, 0) is 38.2 Å². The fourth-order valence-electron chi connectivity index (χ4n) is 5.56. The Morgan fingerprint density at radius 2 is 1.84 bits per heavy atom. The normalized spacial score (nSPS) is 21.3. The fourth-order valence-corrected chi connectivity index (χ4v) is 5.56. The van der Waals surface area contributed by atoms with Crippen molar-refractivity contribution < 1.29 is 14.7 Å². The summed E-state index contributed by atoms with van der Waals surface area (Å²) in [5, 5.41) is 11.9. The van der Waals surface area contributed by atoms with E-state index in [0.717, 1.165) is 12.0 Å². The summed E-state index contributed by atoms with van der Waals surface area (Å²) in [6.07, 6.45) is 7.23. The number of carbonyl (C=O) groups excluding carboxylic acids is 2. The number of benzene rings is 1. The van der Waals surface area contributed by atoms with Gasteiger partial charge in [0.25, 0.3) is 11.5 Å². The first kappa shape index (κ1) is 28.1. The van der Waals surface area contributed by atoms with Crippen molar-refractivity contribution in [3.05, 3.63) is 58.5 Å². The molecule has 38 heavy (non-hydrogen) atoms. The van der Waals surface area contributed by atoms with Gasteiger partial charge in [-0.15, -0.1) is 0 Å². The van der Waals surface area contributed by atoms with Gasteiger partial charge in [0.05, 0.1) is 17.7 Å². The first-order valence-corrected chi connectivity index (χ1v) is 14.0. The third kappa shape index (κ3) is 5.73. The maximum absolute atomic E-state index is 13.5. The highest BCUT2D eigenvalue weighted by molar-refractivity contribution is 6.00. The van der Waals surface area contributed by atoms with E-state index in [9.17, 15) is 19.5 Å². The number of likely N-dealkylation sites (tertiary alicyclic amines) is 1. The Kier molecular flexibility index (Phi) is 8.17. The number of carbonyl (C=O) groups is 2. The third-order valence-electron chi connectivity index (χ3n) is 8.95. The van der Waals surface area contributed by atoms with Crippen LogP contribution in [0.4, 0.5) is 0 Å². The summed E-state index contributed by atoms with van der Waals surface area (Å²) in [5.41, 5.74) is -0.297. The van der Waals surface area contributed by atoms with Crippen molar-refractivity contribution in [2.75, 3.05) is 20.1 Å². The Bertz CT molecular complexity index is 1220. The molecule has 1 aliphatic carbocycles. The highest BCUT2D eigenvalue weighted by Crippen LogP contribution is 2.40. The second-order valence-corrected chi connectivity index (χ2v) is 12.3. The molecular formula is C31H43N3O4. The summed E-state index contributed by atoms with van der Waals surface area (Å²) in [7, 11) is 1.76. The SMILES string of the molecule is CC(C)N(C)C(=O)c1cn(CC2(O)CCN(C(=O)CCC3CCC3)CC2(C)C)c(=O)cc1-c1ccccc1. The minimum Gasteiger partial charge on any atom is -0.387 e. The van der Waals surface area contributed by atoms with E-state index < -0.39 is 11.0 Å². The Morgan fingerprint density at radius 1 is 1.16 bits per heavy atom. The Labute approximate surface area is 226 Å². The van der Waals surface area contributed by atoms with Gasteiger partial charge >= 0.3 is 0 Å². The van der Waals surface area contributed by atoms with Crippen LogP contribution in [0.3, 0.4) is 0 Å². The zero-order valence-corrected chi connectivity index (χ0v) is 23.6. The topological polar surface area (TPSA) is 82.8 Å². The van der Waals surface area contributed by atoms with Crippen LogP contribution in [-0.2, 0) is 11.3 Å². The first-order valence-electron chi connectivity index (χ1n) is 14.0. The summed E-state index contributed by atoms with van der Waals surface area (Å²) in [6, 6.07) is 10.9. The van der Waals surface area contributed by atoms with Crippen LogP contribution >= 0.6 is 0 Å². The molecule has 0 bridgehead atoms. The number of nitrogens with zero attached hydrogens (tertiary/aromatic N) is 3. The number of rotatable bonds is 8. The van der Waals surface area contributed by atoms with Gasteiger partial charge in [0.2, 0.25) is 5.91 Å². The van der Waals surface area contributed by atoms with E-state index in [4.69, 9.17) is 0 Å². The van der Waals surface area contributed by atoms with Gasteiger partial charge < -0.3 is 19.5 Å². The van der Waals surface area contributed by atoms with E-state index >= 15 is 0 Å². The Morgan fingerprint density at radius 3 is 2.42 bits per heavy atom. The van der Waals surface area contributed by atoms with E-state index in [0.29, 0.717) is 43.0 Å². The van der Waals surface area contributed by atoms with Crippen molar-refractivity contribution in [1.29, 1.82) is 0 Å². The first-order chi connectivity index (χ1) is 17.9. The van der Waals surface area contributed by atoms with Crippen molar-refractivity contribution in [2.24, 2.45) is 11.3 Å². The number of amides is 2. The highest BCUT2D eigenvalue weighted by Gasteiger charge is 2.49. The van der Waals surface area contributed by atoms with Crippen LogP contribution in [0.5, 0.6) is 0 Å². The van der Waals surface area contributed by atoms with Gasteiger partial charge in [-0.1, -0.05) is 63.4 Å². The molecule has 1 atom stereocenters. The van der Waals surface area contributed by atoms with Crippen LogP contribution in [0, 0.1) is 11.3 Å². The number of hydrogen-bond donors (Lipinski definition) is 1. The molecule has 1 aromatic carbocycles. The molecule has 2 fully saturated rings. The van der Waals surface area contributed by atoms with Gasteiger partial charge in [0, 0.05) is 55.8 Å². The largest absolute Gasteiger partial charge is 0.387 e. The molecule has 1 saturated heterocycles. The van der Waals surface area contributed by atoms with E-state index in [1.54, 1.807) is 18.1 Å². The molecule has 2 amide bonds. The fraction of sp³-hybridized carbons (Fsp3) is 0.581. The second kappa shape index (κ2) is 11.0. The van der Waals surface area contributed by atoms with Crippen LogP contribution in [0.25, 0.3) is 11.1 Å². The molecule has 1 N–H and O–H groups in total. The molecule has 7 heteroatoms. The van der Waals surface area contributed by atoms with Crippen molar-refractivity contribution in [3.63, 3.8) is 0 Å². The lowest BCUT2D eigenvalue weighted by molar-refractivity contribution is -0.154. The van der Waals surface area contributed by atoms with Gasteiger partial charge in [-0.25, -0.2) is 0 Å². The molecule has 2 aromatic rings. The maximum Gasteiger partial charge on any atom is 0.255 e. The van der Waals surface area contributed by atoms with Gasteiger partial charge in [-0.2, -0.15) is 0 Å². The summed E-state index contributed by atoms with van der Waals surface area (Å²) in [6.45, 7) is 8.77. The lowest BCUT2D eigenvalue weighted by Gasteiger charge is -2.50. The minimum absolute atomic E-state index is 0.0132. The second-order valence-electron chi connectivity index (χ2n) is 12.3. The Hall–Kier alpha value is -2.93. The molecule has 1 saturated carbocycles. The van der Waals surface area contributed by atoms with Gasteiger partial charge in [0.1, 0.15) is 0 Å². The zero-order valence-electron chi connectivity index (χ0n) is 23.6. The number of pyridine rings is 1. The lowest BCUT2D eigenvalue weighted by Crippen LogP contribution is -2.60. The van der Waals surface area contributed by atoms with E-state index in [1.165, 1.54) is 29.9 Å². The number of aromatic nitrogens is 1. The average Bonchev–Trinajstić information content (AvgIpc) is 2.85. The predicted molar refractivity (Wildman–Crippen MR) is 150 cm³/mol. The Balaban J connectivity index is 1.60. The summed E-state index contributed by atoms with van der Waals surface area (Å²) < 4.78 is 1.48. The number of aliphatic hydroxyl groups is 1. The van der Waals surface area contributed by atoms with Crippen molar-refractivity contribution >= 4 is 11.8 Å². The molecule has 7 nitrogen and oxygen atoms in total. The van der Waals surface area contributed by atoms with Crippen LogP contribution in [0.2, 0.25) is 0 Å². The van der Waals surface area contributed by atoms with Gasteiger partial charge in [0.15, 0.2) is 0 Å². The average molecular weight is 522 g/mol. The maximum atomic E-state index is 13.5. The zero-order chi connectivity index (χ0) is 27.7. The monoisotopic (exact) mass is 521 g/mol. The molecule has 1 unspecified atom stereocenters. The molecule has 4 rings (SSSR count). The van der Waals surface area contributed by atoms with Crippen molar-refractivity contribution in [1.82, 2.24) is 14.4 Å². The molecule has 0 spiro atoms. The third-order valence-corrected chi connectivity index (χ3v) is 8.95. The van der Waals surface area contributed by atoms with Crippen LogP contribution in [0.15, 0.2) is 47.4 Å². The lowest BCUT2D eigenvalue weighted by atomic mass is 9.69. The highest BCUT2D eigenvalue weighted by atomic mass is 16.3. The standard InChI is InChI=1S/C31H43N3O4/c1-22(2)32(5)29(37)26-19-34(28(36)18-25(26)24-12-7-6-8-13-24)21-31(38)16-17-33(20-30(31,3)4)27(35)15-14-23-10-9-11-23/h6-8,12-13,18-19,22-23,38H,9-11,14-17,20-21H2,1-5H3.